The summed E-state index contributed by atoms with van der Waals surface area (Å²) in [6.45, 7) is 5.03. The van der Waals surface area contributed by atoms with Gasteiger partial charge in [-0.2, -0.15) is 5.10 Å². The number of urea groups is 1. The maximum absolute atomic E-state index is 12.9. The van der Waals surface area contributed by atoms with Crippen molar-refractivity contribution in [1.82, 2.24) is 19.6 Å². The number of piperazine rings is 1. The predicted molar refractivity (Wildman–Crippen MR) is 103 cm³/mol. The highest BCUT2D eigenvalue weighted by Crippen LogP contribution is 2.20. The summed E-state index contributed by atoms with van der Waals surface area (Å²) in [6, 6.07) is 7.62. The highest BCUT2D eigenvalue weighted by Gasteiger charge is 2.28. The maximum Gasteiger partial charge on any atom is 0.321 e. The molecule has 1 aromatic heterocycles. The highest BCUT2D eigenvalue weighted by molar-refractivity contribution is 5.95. The van der Waals surface area contributed by atoms with Gasteiger partial charge in [-0.15, -0.1) is 0 Å². The number of benzene rings is 1. The van der Waals surface area contributed by atoms with Crippen LogP contribution in [-0.4, -0.2) is 57.7 Å². The van der Waals surface area contributed by atoms with Gasteiger partial charge < -0.3 is 15.1 Å². The number of hydrogen-bond acceptors (Lipinski definition) is 3. The molecule has 4 rings (SSSR count). The van der Waals surface area contributed by atoms with E-state index < -0.39 is 0 Å². The topological polar surface area (TPSA) is 70.5 Å². The van der Waals surface area contributed by atoms with Crippen molar-refractivity contribution >= 4 is 17.6 Å². The molecule has 7 nitrogen and oxygen atoms in total. The number of nitrogens with zero attached hydrogens (tertiary/aromatic N) is 4. The van der Waals surface area contributed by atoms with Crippen LogP contribution in [0.4, 0.5) is 10.5 Å². The fourth-order valence-electron chi connectivity index (χ4n) is 3.79. The van der Waals surface area contributed by atoms with Gasteiger partial charge in [-0.1, -0.05) is 18.2 Å². The third kappa shape index (κ3) is 3.54. The second-order valence-corrected chi connectivity index (χ2v) is 7.21. The number of aromatic nitrogens is 2. The zero-order valence-corrected chi connectivity index (χ0v) is 15.6. The van der Waals surface area contributed by atoms with Gasteiger partial charge in [-0.05, 0) is 37.8 Å². The molecule has 2 aromatic rings. The number of aryl methyl sites for hydroxylation is 2. The van der Waals surface area contributed by atoms with Crippen molar-refractivity contribution in [3.05, 3.63) is 47.3 Å². The summed E-state index contributed by atoms with van der Waals surface area (Å²) >= 11 is 0. The Morgan fingerprint density at radius 3 is 2.52 bits per heavy atom. The first kappa shape index (κ1) is 17.6. The summed E-state index contributed by atoms with van der Waals surface area (Å²) in [5.41, 5.74) is 3.65. The molecule has 3 heterocycles. The Morgan fingerprint density at radius 1 is 1.00 bits per heavy atom. The van der Waals surface area contributed by atoms with E-state index in [1.165, 1.54) is 0 Å². The van der Waals surface area contributed by atoms with Crippen molar-refractivity contribution in [1.29, 1.82) is 0 Å². The standard InChI is InChI=1S/C20H25N5O2/c1-15-6-2-3-7-17(15)22-20(27)24-12-10-23(11-13-24)19(26)16-14-21-25-9-5-4-8-18(16)25/h2-3,6-7,14H,4-5,8-13H2,1H3,(H,22,27). The van der Waals surface area contributed by atoms with Crippen LogP contribution in [0, 0.1) is 6.92 Å². The average molecular weight is 367 g/mol. The van der Waals surface area contributed by atoms with Crippen molar-refractivity contribution in [2.24, 2.45) is 0 Å². The Kier molecular flexibility index (Phi) is 4.83. The summed E-state index contributed by atoms with van der Waals surface area (Å²) in [6.07, 6.45) is 4.86. The van der Waals surface area contributed by atoms with E-state index in [9.17, 15) is 9.59 Å². The first-order chi connectivity index (χ1) is 13.1. The number of carbonyl (C=O) groups is 2. The molecule has 142 valence electrons. The van der Waals surface area contributed by atoms with Gasteiger partial charge in [0.2, 0.25) is 0 Å². The number of carbonyl (C=O) groups excluding carboxylic acids is 2. The lowest BCUT2D eigenvalue weighted by atomic mass is 10.1. The maximum atomic E-state index is 12.9. The van der Waals surface area contributed by atoms with Gasteiger partial charge >= 0.3 is 6.03 Å². The summed E-state index contributed by atoms with van der Waals surface area (Å²) in [5, 5.41) is 7.33. The lowest BCUT2D eigenvalue weighted by Gasteiger charge is -2.35. The summed E-state index contributed by atoms with van der Waals surface area (Å²) < 4.78 is 1.96. The summed E-state index contributed by atoms with van der Waals surface area (Å²) in [7, 11) is 0. The molecule has 1 saturated heterocycles. The Bertz CT molecular complexity index is 852. The van der Waals surface area contributed by atoms with Crippen LogP contribution < -0.4 is 5.32 Å². The molecule has 1 fully saturated rings. The van der Waals surface area contributed by atoms with Gasteiger partial charge in [0.25, 0.3) is 5.91 Å². The smallest absolute Gasteiger partial charge is 0.321 e. The Morgan fingerprint density at radius 2 is 1.74 bits per heavy atom. The molecular formula is C20H25N5O2. The van der Waals surface area contributed by atoms with E-state index in [4.69, 9.17) is 0 Å². The van der Waals surface area contributed by atoms with Crippen molar-refractivity contribution in [3.63, 3.8) is 0 Å². The van der Waals surface area contributed by atoms with E-state index in [0.717, 1.165) is 48.3 Å². The van der Waals surface area contributed by atoms with Crippen molar-refractivity contribution in [2.75, 3.05) is 31.5 Å². The van der Waals surface area contributed by atoms with Gasteiger partial charge in [-0.25, -0.2) is 4.79 Å². The Labute approximate surface area is 158 Å². The van der Waals surface area contributed by atoms with Crippen LogP contribution in [0.5, 0.6) is 0 Å². The molecule has 3 amide bonds. The fraction of sp³-hybridized carbons (Fsp3) is 0.450. The SMILES string of the molecule is Cc1ccccc1NC(=O)N1CCN(C(=O)c2cnn3c2CCCC3)CC1. The number of anilines is 1. The largest absolute Gasteiger partial charge is 0.335 e. The minimum atomic E-state index is -0.112. The highest BCUT2D eigenvalue weighted by atomic mass is 16.2. The van der Waals surface area contributed by atoms with E-state index in [1.54, 1.807) is 11.1 Å². The number of hydrogen-bond donors (Lipinski definition) is 1. The minimum Gasteiger partial charge on any atom is -0.335 e. The minimum absolute atomic E-state index is 0.0390. The van der Waals surface area contributed by atoms with Crippen molar-refractivity contribution in [2.45, 2.75) is 32.7 Å². The van der Waals surface area contributed by atoms with Crippen LogP contribution in [0.25, 0.3) is 0 Å². The first-order valence-electron chi connectivity index (χ1n) is 9.59. The van der Waals surface area contributed by atoms with Crippen LogP contribution in [0.2, 0.25) is 0 Å². The van der Waals surface area contributed by atoms with Crippen molar-refractivity contribution < 1.29 is 9.59 Å². The number of para-hydroxylation sites is 1. The molecular weight excluding hydrogens is 342 g/mol. The molecule has 1 aromatic carbocycles. The Balaban J connectivity index is 1.36. The molecule has 0 unspecified atom stereocenters. The van der Waals surface area contributed by atoms with Gasteiger partial charge in [0.1, 0.15) is 0 Å². The van der Waals surface area contributed by atoms with Crippen LogP contribution in [0.1, 0.15) is 34.5 Å². The average Bonchev–Trinajstić information content (AvgIpc) is 3.13. The first-order valence-corrected chi connectivity index (χ1v) is 9.59. The van der Waals surface area contributed by atoms with Gasteiger partial charge in [-0.3, -0.25) is 9.48 Å². The monoisotopic (exact) mass is 367 g/mol. The summed E-state index contributed by atoms with van der Waals surface area (Å²) in [5.74, 6) is 0.0390. The predicted octanol–water partition coefficient (Wildman–Crippen LogP) is 2.52. The van der Waals surface area contributed by atoms with E-state index in [1.807, 2.05) is 40.8 Å². The molecule has 2 aliphatic heterocycles. The van der Waals surface area contributed by atoms with Crippen LogP contribution in [0.3, 0.4) is 0 Å². The van der Waals surface area contributed by atoms with Gasteiger partial charge in [0.05, 0.1) is 17.5 Å². The molecule has 0 spiro atoms. The molecule has 1 N–H and O–H groups in total. The lowest BCUT2D eigenvalue weighted by molar-refractivity contribution is 0.0670. The fourth-order valence-corrected chi connectivity index (χ4v) is 3.79. The van der Waals surface area contributed by atoms with Gasteiger partial charge in [0, 0.05) is 38.4 Å². The quantitative estimate of drug-likeness (QED) is 0.887. The normalized spacial score (nSPS) is 16.8. The van der Waals surface area contributed by atoms with Crippen molar-refractivity contribution in [3.8, 4) is 0 Å². The second kappa shape index (κ2) is 7.42. The van der Waals surface area contributed by atoms with E-state index in [2.05, 4.69) is 10.4 Å². The lowest BCUT2D eigenvalue weighted by Crippen LogP contribution is -2.51. The second-order valence-electron chi connectivity index (χ2n) is 7.21. The number of nitrogens with one attached hydrogen (secondary N) is 1. The van der Waals surface area contributed by atoms with E-state index in [-0.39, 0.29) is 11.9 Å². The van der Waals surface area contributed by atoms with E-state index in [0.29, 0.717) is 26.2 Å². The molecule has 0 aliphatic carbocycles. The van der Waals surface area contributed by atoms with Gasteiger partial charge in [0.15, 0.2) is 0 Å². The third-order valence-electron chi connectivity index (χ3n) is 5.45. The van der Waals surface area contributed by atoms with Crippen LogP contribution in [0.15, 0.2) is 30.5 Å². The molecule has 27 heavy (non-hydrogen) atoms. The zero-order chi connectivity index (χ0) is 18.8. The number of rotatable bonds is 2. The molecule has 0 saturated carbocycles. The molecule has 2 aliphatic rings. The zero-order valence-electron chi connectivity index (χ0n) is 15.6. The Hall–Kier alpha value is -2.83. The molecule has 7 heteroatoms. The molecule has 0 radical (unpaired) electrons. The van der Waals surface area contributed by atoms with E-state index >= 15 is 0 Å². The molecule has 0 atom stereocenters. The van der Waals surface area contributed by atoms with Crippen LogP contribution in [-0.2, 0) is 13.0 Å². The third-order valence-corrected chi connectivity index (χ3v) is 5.45. The number of amides is 3. The summed E-state index contributed by atoms with van der Waals surface area (Å²) in [4.78, 5) is 29.0. The van der Waals surface area contributed by atoms with Crippen LogP contribution >= 0.6 is 0 Å². The molecule has 0 bridgehead atoms. The number of fused-ring (bicyclic) bond motifs is 1.